The lowest BCUT2D eigenvalue weighted by Crippen LogP contribution is -2.47. The zero-order valence-corrected chi connectivity index (χ0v) is 19.9. The van der Waals surface area contributed by atoms with Crippen molar-refractivity contribution in [2.45, 2.75) is 56.2 Å². The van der Waals surface area contributed by atoms with E-state index in [1.807, 2.05) is 32.0 Å². The van der Waals surface area contributed by atoms with Crippen molar-refractivity contribution < 1.29 is 5.11 Å². The third-order valence-electron chi connectivity index (χ3n) is 6.00. The van der Waals surface area contributed by atoms with E-state index in [2.05, 4.69) is 23.7 Å². The Hall–Kier alpha value is -1.61. The predicted octanol–water partition coefficient (Wildman–Crippen LogP) is 3.50. The summed E-state index contributed by atoms with van der Waals surface area (Å²) < 4.78 is 0. The molecule has 7 nitrogen and oxygen atoms in total. The monoisotopic (exact) mass is 450 g/mol. The quantitative estimate of drug-likeness (QED) is 0.690. The highest BCUT2D eigenvalue weighted by Crippen LogP contribution is 2.39. The summed E-state index contributed by atoms with van der Waals surface area (Å²) in [7, 11) is 3.81. The van der Waals surface area contributed by atoms with Crippen LogP contribution in [0.25, 0.3) is 0 Å². The molecule has 1 atom stereocenters. The lowest BCUT2D eigenvalue weighted by molar-refractivity contribution is 0.204. The summed E-state index contributed by atoms with van der Waals surface area (Å²) in [5.41, 5.74) is 7.73. The molecule has 0 unspecified atom stereocenters. The van der Waals surface area contributed by atoms with Crippen LogP contribution in [-0.4, -0.2) is 53.3 Å². The Morgan fingerprint density at radius 3 is 2.57 bits per heavy atom. The van der Waals surface area contributed by atoms with Gasteiger partial charge in [-0.3, -0.25) is 0 Å². The number of aliphatic hydroxyl groups is 1. The molecular formula is C21H31ClN6OS. The SMILES string of the molecule is Cc1nc(N2CCC(C)([C@@H](C)N)CC2)c(CO)nc1Sc1ccnc(N(C)C)c1Cl. The Morgan fingerprint density at radius 2 is 2.00 bits per heavy atom. The molecule has 0 aliphatic carbocycles. The van der Waals surface area contributed by atoms with Crippen molar-refractivity contribution >= 4 is 35.0 Å². The molecule has 3 N–H and O–H groups in total. The molecule has 3 heterocycles. The second-order valence-corrected chi connectivity index (χ2v) is 9.82. The van der Waals surface area contributed by atoms with Gasteiger partial charge in [0.25, 0.3) is 0 Å². The molecule has 2 aromatic rings. The summed E-state index contributed by atoms with van der Waals surface area (Å²) in [6, 6.07) is 2.02. The van der Waals surface area contributed by atoms with E-state index in [0.29, 0.717) is 16.5 Å². The fourth-order valence-electron chi connectivity index (χ4n) is 3.58. The highest BCUT2D eigenvalue weighted by Gasteiger charge is 2.34. The number of nitrogens with two attached hydrogens (primary N) is 1. The topological polar surface area (TPSA) is 91.4 Å². The van der Waals surface area contributed by atoms with Crippen LogP contribution in [0.2, 0.25) is 5.02 Å². The average Bonchev–Trinajstić information content (AvgIpc) is 2.71. The van der Waals surface area contributed by atoms with Gasteiger partial charge in [-0.25, -0.2) is 15.0 Å². The van der Waals surface area contributed by atoms with Crippen LogP contribution in [0.4, 0.5) is 11.6 Å². The normalized spacial score (nSPS) is 17.1. The van der Waals surface area contributed by atoms with E-state index >= 15 is 0 Å². The Bertz CT molecular complexity index is 899. The Kier molecular flexibility index (Phi) is 7.12. The maximum Gasteiger partial charge on any atom is 0.153 e. The van der Waals surface area contributed by atoms with E-state index in [1.54, 1.807) is 6.20 Å². The molecular weight excluding hydrogens is 420 g/mol. The van der Waals surface area contributed by atoms with Crippen molar-refractivity contribution in [2.24, 2.45) is 11.1 Å². The number of halogens is 1. The third-order valence-corrected chi connectivity index (χ3v) is 7.62. The smallest absolute Gasteiger partial charge is 0.153 e. The minimum absolute atomic E-state index is 0.135. The maximum absolute atomic E-state index is 9.99. The van der Waals surface area contributed by atoms with E-state index < -0.39 is 0 Å². The number of rotatable bonds is 6. The molecule has 0 spiro atoms. The van der Waals surface area contributed by atoms with Gasteiger partial charge < -0.3 is 20.6 Å². The standard InChI is InChI=1S/C21H31ClN6OS/c1-13-20(30-16-6-9-24-19(17(16)22)27(4)5)26-15(12-29)18(25-13)28-10-7-21(3,8-11-28)14(2)23/h6,9,14,29H,7-8,10-12,23H2,1-5H3/t14-/m1/s1. The zero-order chi connectivity index (χ0) is 22.1. The van der Waals surface area contributed by atoms with Crippen LogP contribution in [0.1, 0.15) is 38.1 Å². The van der Waals surface area contributed by atoms with Gasteiger partial charge in [0.1, 0.15) is 16.5 Å². The molecule has 1 fully saturated rings. The van der Waals surface area contributed by atoms with E-state index in [-0.39, 0.29) is 18.1 Å². The maximum atomic E-state index is 9.99. The molecule has 0 aromatic carbocycles. The molecule has 0 radical (unpaired) electrons. The van der Waals surface area contributed by atoms with Gasteiger partial charge >= 0.3 is 0 Å². The minimum atomic E-state index is -0.162. The number of aliphatic hydroxyl groups excluding tert-OH is 1. The summed E-state index contributed by atoms with van der Waals surface area (Å²) in [5.74, 6) is 1.47. The number of aryl methyl sites for hydroxylation is 1. The first kappa shape index (κ1) is 23.1. The van der Waals surface area contributed by atoms with Gasteiger partial charge in [0.05, 0.1) is 17.3 Å². The number of piperidine rings is 1. The number of hydrogen-bond acceptors (Lipinski definition) is 8. The lowest BCUT2D eigenvalue weighted by Gasteiger charge is -2.42. The number of anilines is 2. The van der Waals surface area contributed by atoms with Crippen molar-refractivity contribution in [1.29, 1.82) is 0 Å². The molecule has 164 valence electrons. The number of pyridine rings is 1. The van der Waals surface area contributed by atoms with Gasteiger partial charge in [-0.1, -0.05) is 30.3 Å². The van der Waals surface area contributed by atoms with Crippen molar-refractivity contribution in [2.75, 3.05) is 37.0 Å². The van der Waals surface area contributed by atoms with Crippen LogP contribution >= 0.6 is 23.4 Å². The number of nitrogens with zero attached hydrogens (tertiary/aromatic N) is 5. The van der Waals surface area contributed by atoms with Crippen LogP contribution in [-0.2, 0) is 6.61 Å². The highest BCUT2D eigenvalue weighted by atomic mass is 35.5. The molecule has 0 saturated carbocycles. The first-order chi connectivity index (χ1) is 14.2. The van der Waals surface area contributed by atoms with E-state index in [4.69, 9.17) is 27.3 Å². The van der Waals surface area contributed by atoms with Crippen LogP contribution in [0.5, 0.6) is 0 Å². The van der Waals surface area contributed by atoms with E-state index in [0.717, 1.165) is 47.4 Å². The fraction of sp³-hybridized carbons (Fsp3) is 0.571. The predicted molar refractivity (Wildman–Crippen MR) is 124 cm³/mol. The van der Waals surface area contributed by atoms with Crippen molar-refractivity contribution in [3.63, 3.8) is 0 Å². The van der Waals surface area contributed by atoms with Crippen molar-refractivity contribution in [1.82, 2.24) is 15.0 Å². The van der Waals surface area contributed by atoms with Crippen LogP contribution in [0, 0.1) is 12.3 Å². The second-order valence-electron chi connectivity index (χ2n) is 8.42. The van der Waals surface area contributed by atoms with E-state index in [1.165, 1.54) is 11.8 Å². The Balaban J connectivity index is 1.86. The molecule has 2 aromatic heterocycles. The van der Waals surface area contributed by atoms with Gasteiger partial charge in [-0.05, 0) is 38.2 Å². The molecule has 0 amide bonds. The number of hydrogen-bond donors (Lipinski definition) is 2. The molecule has 1 aliphatic rings. The molecule has 9 heteroatoms. The van der Waals surface area contributed by atoms with Crippen molar-refractivity contribution in [3.8, 4) is 0 Å². The van der Waals surface area contributed by atoms with Gasteiger partial charge in [0.2, 0.25) is 0 Å². The fourth-order valence-corrected chi connectivity index (χ4v) is 4.84. The summed E-state index contributed by atoms with van der Waals surface area (Å²) in [6.45, 7) is 7.82. The van der Waals surface area contributed by atoms with Crippen LogP contribution < -0.4 is 15.5 Å². The zero-order valence-electron chi connectivity index (χ0n) is 18.3. The Labute approximate surface area is 188 Å². The first-order valence-corrected chi connectivity index (χ1v) is 11.3. The average molecular weight is 451 g/mol. The Morgan fingerprint density at radius 1 is 1.33 bits per heavy atom. The van der Waals surface area contributed by atoms with Gasteiger partial charge in [-0.15, -0.1) is 0 Å². The molecule has 30 heavy (non-hydrogen) atoms. The van der Waals surface area contributed by atoms with E-state index in [9.17, 15) is 5.11 Å². The minimum Gasteiger partial charge on any atom is -0.390 e. The van der Waals surface area contributed by atoms with Crippen LogP contribution in [0.3, 0.4) is 0 Å². The van der Waals surface area contributed by atoms with Gasteiger partial charge in [0.15, 0.2) is 5.82 Å². The number of aromatic nitrogens is 3. The summed E-state index contributed by atoms with van der Waals surface area (Å²) in [6.07, 6.45) is 3.72. The van der Waals surface area contributed by atoms with Crippen LogP contribution in [0.15, 0.2) is 22.2 Å². The summed E-state index contributed by atoms with van der Waals surface area (Å²) in [5, 5.41) is 11.3. The molecule has 1 saturated heterocycles. The second kappa shape index (κ2) is 9.26. The summed E-state index contributed by atoms with van der Waals surface area (Å²) >= 11 is 7.99. The largest absolute Gasteiger partial charge is 0.390 e. The van der Waals surface area contributed by atoms with Gasteiger partial charge in [-0.2, -0.15) is 0 Å². The lowest BCUT2D eigenvalue weighted by atomic mass is 9.75. The highest BCUT2D eigenvalue weighted by molar-refractivity contribution is 7.99. The molecule has 3 rings (SSSR count). The molecule has 1 aliphatic heterocycles. The van der Waals surface area contributed by atoms with Gasteiger partial charge in [0, 0.05) is 44.3 Å². The molecule has 0 bridgehead atoms. The first-order valence-electron chi connectivity index (χ1n) is 10.1. The van der Waals surface area contributed by atoms with Crippen molar-refractivity contribution in [3.05, 3.63) is 28.7 Å². The third kappa shape index (κ3) is 4.66. The summed E-state index contributed by atoms with van der Waals surface area (Å²) in [4.78, 5) is 18.8.